The molecule has 1 N–H and O–H groups in total. The van der Waals surface area contributed by atoms with Crippen molar-refractivity contribution in [3.63, 3.8) is 0 Å². The first-order chi connectivity index (χ1) is 14.2. The number of esters is 2. The summed E-state index contributed by atoms with van der Waals surface area (Å²) in [5.41, 5.74) is 0.774. The van der Waals surface area contributed by atoms with E-state index in [2.05, 4.69) is 10.1 Å². The van der Waals surface area contributed by atoms with Crippen molar-refractivity contribution in [1.82, 2.24) is 0 Å². The number of amides is 1. The van der Waals surface area contributed by atoms with E-state index in [1.165, 1.54) is 56.5 Å². The number of methoxy groups -OCH3 is 1. The first kappa shape index (κ1) is 21.3. The molecule has 1 atom stereocenters. The molecule has 158 valence electrons. The van der Waals surface area contributed by atoms with Crippen molar-refractivity contribution < 1.29 is 32.3 Å². The first-order valence-electron chi connectivity index (χ1n) is 9.05. The van der Waals surface area contributed by atoms with E-state index in [4.69, 9.17) is 4.74 Å². The fourth-order valence-corrected chi connectivity index (χ4v) is 4.69. The highest BCUT2D eigenvalue weighted by atomic mass is 32.2. The smallest absolute Gasteiger partial charge is 0.338 e. The van der Waals surface area contributed by atoms with Gasteiger partial charge in [0.25, 0.3) is 10.0 Å². The summed E-state index contributed by atoms with van der Waals surface area (Å²) in [5.74, 6) is -1.72. The fourth-order valence-electron chi connectivity index (χ4n) is 3.05. The van der Waals surface area contributed by atoms with Gasteiger partial charge in [-0.25, -0.2) is 18.0 Å². The number of anilines is 2. The average molecular weight is 432 g/mol. The second kappa shape index (κ2) is 8.15. The molecule has 1 heterocycles. The summed E-state index contributed by atoms with van der Waals surface area (Å²) in [5, 5.41) is 2.62. The van der Waals surface area contributed by atoms with Crippen LogP contribution >= 0.6 is 0 Å². The number of fused-ring (bicyclic) bond motifs is 1. The van der Waals surface area contributed by atoms with Gasteiger partial charge in [0.05, 0.1) is 41.1 Å². The molecular weight excluding hydrogens is 412 g/mol. The van der Waals surface area contributed by atoms with Gasteiger partial charge in [-0.1, -0.05) is 0 Å². The molecule has 0 saturated carbocycles. The normalized spacial score (nSPS) is 15.8. The summed E-state index contributed by atoms with van der Waals surface area (Å²) in [6.45, 7) is 3.30. The zero-order valence-corrected chi connectivity index (χ0v) is 17.4. The summed E-state index contributed by atoms with van der Waals surface area (Å²) >= 11 is 0. The van der Waals surface area contributed by atoms with Gasteiger partial charge in [-0.15, -0.1) is 0 Å². The van der Waals surface area contributed by atoms with E-state index in [-0.39, 0.29) is 34.0 Å². The van der Waals surface area contributed by atoms with Gasteiger partial charge in [0.1, 0.15) is 6.04 Å². The van der Waals surface area contributed by atoms with Crippen LogP contribution in [0, 0.1) is 0 Å². The quantitative estimate of drug-likeness (QED) is 0.719. The lowest BCUT2D eigenvalue weighted by Crippen LogP contribution is -2.49. The number of nitrogens with one attached hydrogen (secondary N) is 1. The van der Waals surface area contributed by atoms with Crippen molar-refractivity contribution in [2.24, 2.45) is 0 Å². The Balaban J connectivity index is 2.05. The van der Waals surface area contributed by atoms with Gasteiger partial charge in [0.15, 0.2) is 0 Å². The Morgan fingerprint density at radius 3 is 2.30 bits per heavy atom. The highest BCUT2D eigenvalue weighted by molar-refractivity contribution is 7.93. The number of nitrogens with zero attached hydrogens (tertiary/aromatic N) is 1. The van der Waals surface area contributed by atoms with Crippen molar-refractivity contribution in [2.75, 3.05) is 23.3 Å². The maximum Gasteiger partial charge on any atom is 0.338 e. The molecule has 0 fully saturated rings. The van der Waals surface area contributed by atoms with Gasteiger partial charge >= 0.3 is 11.9 Å². The molecule has 1 amide bonds. The number of hydrogen-bond acceptors (Lipinski definition) is 7. The minimum atomic E-state index is -4.15. The van der Waals surface area contributed by atoms with Crippen LogP contribution in [0.2, 0.25) is 0 Å². The van der Waals surface area contributed by atoms with Crippen molar-refractivity contribution in [1.29, 1.82) is 0 Å². The minimum absolute atomic E-state index is 0.0999. The molecule has 2 aromatic carbocycles. The van der Waals surface area contributed by atoms with Crippen LogP contribution in [0.3, 0.4) is 0 Å². The molecule has 0 bridgehead atoms. The van der Waals surface area contributed by atoms with Gasteiger partial charge in [0, 0.05) is 0 Å². The monoisotopic (exact) mass is 432 g/mol. The van der Waals surface area contributed by atoms with E-state index in [1.54, 1.807) is 6.92 Å². The maximum absolute atomic E-state index is 13.3. The Morgan fingerprint density at radius 2 is 1.70 bits per heavy atom. The Morgan fingerprint density at radius 1 is 1.07 bits per heavy atom. The zero-order chi connectivity index (χ0) is 22.1. The maximum atomic E-state index is 13.3. The van der Waals surface area contributed by atoms with Crippen LogP contribution < -0.4 is 9.62 Å². The molecule has 0 radical (unpaired) electrons. The molecule has 2 aromatic rings. The third-order valence-corrected chi connectivity index (χ3v) is 6.47. The number of ether oxygens (including phenoxy) is 2. The van der Waals surface area contributed by atoms with Crippen LogP contribution in [0.25, 0.3) is 0 Å². The predicted molar refractivity (Wildman–Crippen MR) is 108 cm³/mol. The number of benzene rings is 2. The Kier molecular flexibility index (Phi) is 5.79. The molecule has 30 heavy (non-hydrogen) atoms. The van der Waals surface area contributed by atoms with E-state index in [1.807, 2.05) is 0 Å². The third-order valence-electron chi connectivity index (χ3n) is 4.57. The van der Waals surface area contributed by atoms with Crippen LogP contribution in [0.1, 0.15) is 34.6 Å². The SMILES string of the molecule is CCOC(=O)c1ccc2c(c1)NC(=O)[C@@H](C)N2S(=O)(=O)c1ccc(C(=O)OC)cc1. The number of hydrogen-bond donors (Lipinski definition) is 1. The van der Waals surface area contributed by atoms with Crippen molar-refractivity contribution in [3.05, 3.63) is 53.6 Å². The molecule has 9 nitrogen and oxygen atoms in total. The van der Waals surface area contributed by atoms with Crippen LogP contribution in [0.15, 0.2) is 47.4 Å². The van der Waals surface area contributed by atoms with Crippen LogP contribution in [0.5, 0.6) is 0 Å². The lowest BCUT2D eigenvalue weighted by atomic mass is 10.1. The van der Waals surface area contributed by atoms with Crippen LogP contribution in [-0.2, 0) is 24.3 Å². The van der Waals surface area contributed by atoms with Gasteiger partial charge in [-0.3, -0.25) is 9.10 Å². The molecule has 0 aliphatic carbocycles. The predicted octanol–water partition coefficient (Wildman–Crippen LogP) is 2.19. The van der Waals surface area contributed by atoms with Crippen molar-refractivity contribution in [2.45, 2.75) is 24.8 Å². The summed E-state index contributed by atoms with van der Waals surface area (Å²) in [7, 11) is -2.92. The van der Waals surface area contributed by atoms with E-state index in [0.29, 0.717) is 0 Å². The molecule has 0 spiro atoms. The van der Waals surface area contributed by atoms with Gasteiger partial charge in [-0.2, -0.15) is 0 Å². The Hall–Kier alpha value is -3.40. The number of sulfonamides is 1. The van der Waals surface area contributed by atoms with Gasteiger partial charge in [-0.05, 0) is 56.3 Å². The zero-order valence-electron chi connectivity index (χ0n) is 16.5. The van der Waals surface area contributed by atoms with Gasteiger partial charge in [0.2, 0.25) is 5.91 Å². The highest BCUT2D eigenvalue weighted by Crippen LogP contribution is 2.37. The topological polar surface area (TPSA) is 119 Å². The average Bonchev–Trinajstić information content (AvgIpc) is 2.73. The summed E-state index contributed by atoms with van der Waals surface area (Å²) in [6.07, 6.45) is 0. The van der Waals surface area contributed by atoms with Crippen molar-refractivity contribution >= 4 is 39.2 Å². The lowest BCUT2D eigenvalue weighted by Gasteiger charge is -2.35. The summed E-state index contributed by atoms with van der Waals surface area (Å²) in [6, 6.07) is 8.43. The Bertz CT molecular complexity index is 1110. The van der Waals surface area contributed by atoms with E-state index >= 15 is 0 Å². The third kappa shape index (κ3) is 3.73. The number of carbonyl (C=O) groups excluding carboxylic acids is 3. The molecule has 3 rings (SSSR count). The lowest BCUT2D eigenvalue weighted by molar-refractivity contribution is -0.117. The van der Waals surface area contributed by atoms with Crippen LogP contribution in [0.4, 0.5) is 11.4 Å². The molecule has 1 aliphatic rings. The number of carbonyl (C=O) groups is 3. The second-order valence-electron chi connectivity index (χ2n) is 6.43. The van der Waals surface area contributed by atoms with E-state index in [0.717, 1.165) is 4.31 Å². The fraction of sp³-hybridized carbons (Fsp3) is 0.250. The summed E-state index contributed by atoms with van der Waals surface area (Å²) < 4.78 is 37.2. The molecular formula is C20H20N2O7S. The minimum Gasteiger partial charge on any atom is -0.465 e. The van der Waals surface area contributed by atoms with Crippen molar-refractivity contribution in [3.8, 4) is 0 Å². The molecule has 10 heteroatoms. The summed E-state index contributed by atoms with van der Waals surface area (Å²) in [4.78, 5) is 35.9. The first-order valence-corrected chi connectivity index (χ1v) is 10.5. The van der Waals surface area contributed by atoms with Gasteiger partial charge < -0.3 is 14.8 Å². The standard InChI is InChI=1S/C20H20N2O7S/c1-4-29-20(25)14-7-10-17-16(11-14)21-18(23)12(2)22(17)30(26,27)15-8-5-13(6-9-15)19(24)28-3/h5-12H,4H2,1-3H3,(H,21,23)/t12-/m1/s1. The van der Waals surface area contributed by atoms with E-state index < -0.39 is 33.9 Å². The largest absolute Gasteiger partial charge is 0.465 e. The molecule has 1 aliphatic heterocycles. The molecule has 0 aromatic heterocycles. The molecule has 0 saturated heterocycles. The van der Waals surface area contributed by atoms with E-state index in [9.17, 15) is 22.8 Å². The Labute approximate surface area is 173 Å². The molecule has 0 unspecified atom stereocenters. The number of rotatable bonds is 5. The van der Waals surface area contributed by atoms with Crippen LogP contribution in [-0.4, -0.2) is 46.0 Å². The second-order valence-corrected chi connectivity index (χ2v) is 8.25. The highest BCUT2D eigenvalue weighted by Gasteiger charge is 2.38.